The Morgan fingerprint density at radius 3 is 3.00 bits per heavy atom. The Balaban J connectivity index is 2.09. The standard InChI is InChI=1S/C13H19NO2/c1-9-10-5-7-13(2)6-3-4-8-14(11(10)13)12(15)16-9/h11H,3-8H2,1-2H3/t11-,13+/m1/s1. The molecule has 1 saturated carbocycles. The van der Waals surface area contributed by atoms with Crippen LogP contribution in [0, 0.1) is 5.41 Å². The average Bonchev–Trinajstić information content (AvgIpc) is 2.47. The van der Waals surface area contributed by atoms with Gasteiger partial charge in [0.15, 0.2) is 0 Å². The molecule has 3 nitrogen and oxygen atoms in total. The molecule has 1 saturated heterocycles. The predicted molar refractivity (Wildman–Crippen MR) is 60.9 cm³/mol. The number of carbonyl (C=O) groups excluding carboxylic acids is 1. The number of allylic oxidation sites excluding steroid dienone is 1. The molecule has 88 valence electrons. The summed E-state index contributed by atoms with van der Waals surface area (Å²) >= 11 is 0. The summed E-state index contributed by atoms with van der Waals surface area (Å²) in [6.07, 6.45) is 5.80. The van der Waals surface area contributed by atoms with E-state index in [1.165, 1.54) is 24.8 Å². The van der Waals surface area contributed by atoms with Gasteiger partial charge in [-0.1, -0.05) is 13.3 Å². The minimum absolute atomic E-state index is 0.124. The quantitative estimate of drug-likeness (QED) is 0.629. The third-order valence-corrected chi connectivity index (χ3v) is 4.59. The molecule has 0 aromatic rings. The number of rotatable bonds is 0. The maximum Gasteiger partial charge on any atom is 0.415 e. The topological polar surface area (TPSA) is 29.5 Å². The first-order valence-electron chi connectivity index (χ1n) is 6.30. The normalized spacial score (nSPS) is 38.2. The Morgan fingerprint density at radius 2 is 2.19 bits per heavy atom. The van der Waals surface area contributed by atoms with E-state index >= 15 is 0 Å². The van der Waals surface area contributed by atoms with Gasteiger partial charge in [-0.25, -0.2) is 4.79 Å². The molecular formula is C13H19NO2. The second-order valence-corrected chi connectivity index (χ2v) is 5.66. The third-order valence-electron chi connectivity index (χ3n) is 4.59. The Labute approximate surface area is 96.4 Å². The van der Waals surface area contributed by atoms with Crippen LogP contribution in [0.15, 0.2) is 11.3 Å². The fourth-order valence-electron chi connectivity index (χ4n) is 3.70. The molecule has 2 atom stereocenters. The number of ether oxygens (including phenoxy) is 1. The lowest BCUT2D eigenvalue weighted by Gasteiger charge is -2.40. The van der Waals surface area contributed by atoms with Gasteiger partial charge >= 0.3 is 6.09 Å². The molecule has 2 heterocycles. The highest BCUT2D eigenvalue weighted by Crippen LogP contribution is 2.51. The number of hydrogen-bond donors (Lipinski definition) is 0. The van der Waals surface area contributed by atoms with Crippen molar-refractivity contribution in [2.75, 3.05) is 6.54 Å². The lowest BCUT2D eigenvalue weighted by Crippen LogP contribution is -2.49. The first-order chi connectivity index (χ1) is 7.62. The predicted octanol–water partition coefficient (Wildman–Crippen LogP) is 3.07. The molecule has 3 aliphatic rings. The lowest BCUT2D eigenvalue weighted by atomic mass is 9.79. The third kappa shape index (κ3) is 1.23. The maximum absolute atomic E-state index is 11.9. The second-order valence-electron chi connectivity index (χ2n) is 5.66. The largest absolute Gasteiger partial charge is 0.415 e. The average molecular weight is 221 g/mol. The van der Waals surface area contributed by atoms with Crippen LogP contribution in [0.4, 0.5) is 4.79 Å². The lowest BCUT2D eigenvalue weighted by molar-refractivity contribution is 0.0753. The monoisotopic (exact) mass is 221 g/mol. The zero-order valence-electron chi connectivity index (χ0n) is 10.1. The Kier molecular flexibility index (Phi) is 2.07. The summed E-state index contributed by atoms with van der Waals surface area (Å²) < 4.78 is 5.35. The van der Waals surface area contributed by atoms with E-state index < -0.39 is 0 Å². The van der Waals surface area contributed by atoms with Crippen molar-refractivity contribution in [3.8, 4) is 0 Å². The van der Waals surface area contributed by atoms with E-state index in [2.05, 4.69) is 6.92 Å². The van der Waals surface area contributed by atoms with Gasteiger partial charge in [-0.2, -0.15) is 0 Å². The number of hydrogen-bond acceptors (Lipinski definition) is 2. The summed E-state index contributed by atoms with van der Waals surface area (Å²) in [5.74, 6) is 0.872. The molecule has 0 N–H and O–H groups in total. The van der Waals surface area contributed by atoms with Crippen molar-refractivity contribution in [2.24, 2.45) is 5.41 Å². The van der Waals surface area contributed by atoms with Gasteiger partial charge in [0, 0.05) is 6.54 Å². The van der Waals surface area contributed by atoms with Gasteiger partial charge in [-0.05, 0) is 43.6 Å². The fourth-order valence-corrected chi connectivity index (χ4v) is 3.70. The van der Waals surface area contributed by atoms with Crippen LogP contribution in [0.5, 0.6) is 0 Å². The maximum atomic E-state index is 11.9. The van der Waals surface area contributed by atoms with Crippen molar-refractivity contribution in [3.05, 3.63) is 11.3 Å². The van der Waals surface area contributed by atoms with Crippen LogP contribution in [0.25, 0.3) is 0 Å². The van der Waals surface area contributed by atoms with Crippen LogP contribution < -0.4 is 0 Å². The Bertz CT molecular complexity index is 374. The van der Waals surface area contributed by atoms with Crippen molar-refractivity contribution >= 4 is 6.09 Å². The van der Waals surface area contributed by atoms with E-state index in [0.717, 1.165) is 25.1 Å². The van der Waals surface area contributed by atoms with Crippen LogP contribution in [-0.2, 0) is 4.74 Å². The Morgan fingerprint density at radius 1 is 1.38 bits per heavy atom. The van der Waals surface area contributed by atoms with E-state index in [1.54, 1.807) is 0 Å². The molecule has 0 unspecified atom stereocenters. The van der Waals surface area contributed by atoms with Crippen LogP contribution in [-0.4, -0.2) is 23.6 Å². The summed E-state index contributed by atoms with van der Waals surface area (Å²) in [4.78, 5) is 13.9. The summed E-state index contributed by atoms with van der Waals surface area (Å²) in [7, 11) is 0. The Hall–Kier alpha value is -0.990. The smallest absolute Gasteiger partial charge is 0.415 e. The van der Waals surface area contributed by atoms with E-state index in [-0.39, 0.29) is 6.09 Å². The highest BCUT2D eigenvalue weighted by atomic mass is 16.6. The first kappa shape index (κ1) is 10.2. The second kappa shape index (κ2) is 3.25. The number of cyclic esters (lactones) is 1. The zero-order chi connectivity index (χ0) is 11.3. The molecule has 2 aliphatic heterocycles. The SMILES string of the molecule is CC1=C2CC[C@]3(C)CCCCN(C(=O)O1)[C@H]23. The van der Waals surface area contributed by atoms with Gasteiger partial charge in [0.05, 0.1) is 6.04 Å². The van der Waals surface area contributed by atoms with Gasteiger partial charge in [0.1, 0.15) is 5.76 Å². The molecule has 16 heavy (non-hydrogen) atoms. The van der Waals surface area contributed by atoms with E-state index in [9.17, 15) is 4.79 Å². The zero-order valence-corrected chi connectivity index (χ0v) is 10.1. The van der Waals surface area contributed by atoms with Crippen molar-refractivity contribution in [2.45, 2.75) is 52.0 Å². The summed E-state index contributed by atoms with van der Waals surface area (Å²) in [6.45, 7) is 5.16. The van der Waals surface area contributed by atoms with Crippen molar-refractivity contribution in [3.63, 3.8) is 0 Å². The van der Waals surface area contributed by atoms with Crippen molar-refractivity contribution < 1.29 is 9.53 Å². The van der Waals surface area contributed by atoms with E-state index in [0.29, 0.717) is 11.5 Å². The molecular weight excluding hydrogens is 202 g/mol. The van der Waals surface area contributed by atoms with Gasteiger partial charge in [0.25, 0.3) is 0 Å². The van der Waals surface area contributed by atoms with Crippen molar-refractivity contribution in [1.29, 1.82) is 0 Å². The van der Waals surface area contributed by atoms with Gasteiger partial charge < -0.3 is 9.64 Å². The molecule has 0 aromatic heterocycles. The number of amides is 1. The summed E-state index contributed by atoms with van der Waals surface area (Å²) in [6, 6.07) is 0.330. The number of nitrogens with zero attached hydrogens (tertiary/aromatic N) is 1. The highest BCUT2D eigenvalue weighted by molar-refractivity contribution is 5.72. The molecule has 0 bridgehead atoms. The van der Waals surface area contributed by atoms with Gasteiger partial charge in [0.2, 0.25) is 0 Å². The van der Waals surface area contributed by atoms with Crippen LogP contribution >= 0.6 is 0 Å². The first-order valence-corrected chi connectivity index (χ1v) is 6.30. The molecule has 0 radical (unpaired) electrons. The van der Waals surface area contributed by atoms with Crippen LogP contribution in [0.2, 0.25) is 0 Å². The van der Waals surface area contributed by atoms with Crippen LogP contribution in [0.3, 0.4) is 0 Å². The summed E-state index contributed by atoms with van der Waals surface area (Å²) in [5.41, 5.74) is 1.68. The van der Waals surface area contributed by atoms with Crippen LogP contribution in [0.1, 0.15) is 46.0 Å². The van der Waals surface area contributed by atoms with E-state index in [1.807, 2.05) is 11.8 Å². The molecule has 3 rings (SSSR count). The molecule has 1 amide bonds. The molecule has 0 aromatic carbocycles. The molecule has 1 aliphatic carbocycles. The van der Waals surface area contributed by atoms with Gasteiger partial charge in [-0.15, -0.1) is 0 Å². The van der Waals surface area contributed by atoms with Gasteiger partial charge in [-0.3, -0.25) is 0 Å². The summed E-state index contributed by atoms with van der Waals surface area (Å²) in [5, 5.41) is 0. The van der Waals surface area contributed by atoms with E-state index in [4.69, 9.17) is 4.74 Å². The molecule has 2 fully saturated rings. The molecule has 3 heteroatoms. The number of carbonyl (C=O) groups is 1. The minimum atomic E-state index is -0.124. The highest BCUT2D eigenvalue weighted by Gasteiger charge is 2.50. The minimum Gasteiger partial charge on any atom is -0.415 e. The van der Waals surface area contributed by atoms with Crippen molar-refractivity contribution in [1.82, 2.24) is 4.90 Å². The molecule has 0 spiro atoms. The fraction of sp³-hybridized carbons (Fsp3) is 0.769.